The SMILES string of the molecule is CC(=O)OCCCC(C)(C)c1ccc2c(c1O)C(O)=C1C(=O)[C@]3(O)C(O)=C(C(N)=O)C(=O)C[C@@H]3[C@@H](O)[C@@H]1C2. The molecule has 0 radical (unpaired) electrons. The Labute approximate surface area is 218 Å². The molecule has 204 valence electrons. The molecule has 4 atom stereocenters. The summed E-state index contributed by atoms with van der Waals surface area (Å²) >= 11 is 0. The number of Topliss-reactive ketones (excluding diaryl/α,β-unsaturated/α-hetero) is 2. The molecule has 1 saturated carbocycles. The van der Waals surface area contributed by atoms with Gasteiger partial charge in [-0.1, -0.05) is 26.0 Å². The van der Waals surface area contributed by atoms with E-state index in [1.54, 1.807) is 12.1 Å². The summed E-state index contributed by atoms with van der Waals surface area (Å²) in [6.45, 7) is 5.21. The Morgan fingerprint density at radius 2 is 1.82 bits per heavy atom. The predicted octanol–water partition coefficient (Wildman–Crippen LogP) is 1.02. The second-order valence-corrected chi connectivity index (χ2v) is 10.8. The van der Waals surface area contributed by atoms with Gasteiger partial charge in [0.1, 0.15) is 22.8 Å². The van der Waals surface area contributed by atoms with Crippen molar-refractivity contribution >= 4 is 29.2 Å². The van der Waals surface area contributed by atoms with Crippen LogP contribution in [0.5, 0.6) is 5.75 Å². The largest absolute Gasteiger partial charge is 0.508 e. The number of rotatable bonds is 6. The molecule has 3 aliphatic carbocycles. The molecule has 0 unspecified atom stereocenters. The number of hydrogen-bond acceptors (Lipinski definition) is 10. The van der Waals surface area contributed by atoms with Crippen LogP contribution in [0.1, 0.15) is 56.7 Å². The number of benzene rings is 1. The number of fused-ring (bicyclic) bond motifs is 3. The first kappa shape index (κ1) is 27.3. The van der Waals surface area contributed by atoms with Gasteiger partial charge in [-0.15, -0.1) is 0 Å². The van der Waals surface area contributed by atoms with Crippen molar-refractivity contribution in [3.05, 3.63) is 45.7 Å². The summed E-state index contributed by atoms with van der Waals surface area (Å²) < 4.78 is 4.97. The Hall–Kier alpha value is -3.70. The number of aliphatic hydroxyl groups excluding tert-OH is 3. The number of aromatic hydroxyl groups is 1. The number of carbonyl (C=O) groups is 4. The van der Waals surface area contributed by atoms with E-state index in [0.29, 0.717) is 24.0 Å². The molecular formula is C27H31NO10. The Morgan fingerprint density at radius 1 is 1.16 bits per heavy atom. The molecule has 0 saturated heterocycles. The Bertz CT molecular complexity index is 1320. The van der Waals surface area contributed by atoms with Crippen LogP contribution in [0.4, 0.5) is 0 Å². The summed E-state index contributed by atoms with van der Waals surface area (Å²) in [7, 11) is 0. The number of phenolic OH excluding ortho intramolecular Hbond substituents is 1. The first-order valence-electron chi connectivity index (χ1n) is 12.3. The molecule has 0 heterocycles. The molecule has 0 bridgehead atoms. The van der Waals surface area contributed by atoms with Crippen molar-refractivity contribution in [2.24, 2.45) is 17.6 Å². The van der Waals surface area contributed by atoms with Crippen LogP contribution in [0, 0.1) is 11.8 Å². The second kappa shape index (κ2) is 9.25. The van der Waals surface area contributed by atoms with Gasteiger partial charge < -0.3 is 36.0 Å². The number of ether oxygens (including phenoxy) is 1. The molecule has 1 fully saturated rings. The number of hydrogen-bond donors (Lipinski definition) is 6. The average Bonchev–Trinajstić information content (AvgIpc) is 2.82. The predicted molar refractivity (Wildman–Crippen MR) is 132 cm³/mol. The Morgan fingerprint density at radius 3 is 2.42 bits per heavy atom. The van der Waals surface area contributed by atoms with Crippen LogP contribution >= 0.6 is 0 Å². The molecule has 4 rings (SSSR count). The Balaban J connectivity index is 1.80. The van der Waals surface area contributed by atoms with E-state index in [0.717, 1.165) is 0 Å². The standard InChI is InChI=1S/C27H31NO10/c1-11(29)38-8-4-7-26(2,3)14-6-5-12-9-13-18(22(33)17(12)21(14)32)23(34)27(37)15(20(13)31)10-16(30)19(24(27)35)25(28)36/h5-6,13,15,20,31-33,35,37H,4,7-10H2,1-3H3,(H2,28,36)/t13-,15-,20+,27+/m1/s1. The Kier molecular flexibility index (Phi) is 6.65. The van der Waals surface area contributed by atoms with Crippen molar-refractivity contribution in [3.63, 3.8) is 0 Å². The third kappa shape index (κ3) is 3.97. The van der Waals surface area contributed by atoms with E-state index in [9.17, 15) is 44.7 Å². The van der Waals surface area contributed by atoms with Crippen LogP contribution in [-0.4, -0.2) is 67.3 Å². The van der Waals surface area contributed by atoms with Crippen molar-refractivity contribution in [2.45, 2.75) is 63.6 Å². The molecule has 11 heteroatoms. The summed E-state index contributed by atoms with van der Waals surface area (Å²) in [4.78, 5) is 48.9. The average molecular weight is 530 g/mol. The molecule has 0 aliphatic heterocycles. The third-order valence-corrected chi connectivity index (χ3v) is 8.03. The third-order valence-electron chi connectivity index (χ3n) is 8.03. The van der Waals surface area contributed by atoms with Gasteiger partial charge in [0.25, 0.3) is 5.91 Å². The minimum Gasteiger partial charge on any atom is -0.508 e. The zero-order valence-corrected chi connectivity index (χ0v) is 21.3. The fraction of sp³-hybridized carbons (Fsp3) is 0.481. The molecule has 11 nitrogen and oxygen atoms in total. The second-order valence-electron chi connectivity index (χ2n) is 10.8. The zero-order valence-electron chi connectivity index (χ0n) is 21.3. The molecule has 0 aromatic heterocycles. The summed E-state index contributed by atoms with van der Waals surface area (Å²) in [6, 6.07) is 3.35. The molecule has 3 aliphatic rings. The molecule has 38 heavy (non-hydrogen) atoms. The van der Waals surface area contributed by atoms with Gasteiger partial charge in [0.05, 0.1) is 18.3 Å². The van der Waals surface area contributed by atoms with E-state index in [2.05, 4.69) is 0 Å². The highest BCUT2D eigenvalue weighted by atomic mass is 16.5. The summed E-state index contributed by atoms with van der Waals surface area (Å²) in [5.74, 6) is -8.59. The maximum atomic E-state index is 13.6. The number of nitrogens with two attached hydrogens (primary N) is 1. The smallest absolute Gasteiger partial charge is 0.302 e. The number of aliphatic hydroxyl groups is 4. The van der Waals surface area contributed by atoms with Crippen LogP contribution in [0.3, 0.4) is 0 Å². The summed E-state index contributed by atoms with van der Waals surface area (Å²) in [6.07, 6.45) is -1.16. The van der Waals surface area contributed by atoms with E-state index in [1.165, 1.54) is 6.92 Å². The van der Waals surface area contributed by atoms with Crippen molar-refractivity contribution in [2.75, 3.05) is 6.61 Å². The summed E-state index contributed by atoms with van der Waals surface area (Å²) in [5.41, 5.74) is 1.17. The normalized spacial score (nSPS) is 27.0. The first-order valence-corrected chi connectivity index (χ1v) is 12.3. The van der Waals surface area contributed by atoms with Crippen LogP contribution in [0.25, 0.3) is 5.76 Å². The van der Waals surface area contributed by atoms with Crippen molar-refractivity contribution in [1.29, 1.82) is 0 Å². The lowest BCUT2D eigenvalue weighted by Crippen LogP contribution is -2.63. The lowest BCUT2D eigenvalue weighted by Gasteiger charge is -2.48. The van der Waals surface area contributed by atoms with Gasteiger partial charge in [-0.3, -0.25) is 19.2 Å². The quantitative estimate of drug-likeness (QED) is 0.175. The highest BCUT2D eigenvalue weighted by Crippen LogP contribution is 2.53. The fourth-order valence-electron chi connectivity index (χ4n) is 6.03. The lowest BCUT2D eigenvalue weighted by molar-refractivity contribution is -0.159. The van der Waals surface area contributed by atoms with Crippen LogP contribution in [-0.2, 0) is 35.8 Å². The highest BCUT2D eigenvalue weighted by molar-refractivity contribution is 6.22. The number of esters is 1. The number of amides is 1. The molecule has 1 aromatic carbocycles. The number of primary amides is 1. The monoisotopic (exact) mass is 529 g/mol. The van der Waals surface area contributed by atoms with Gasteiger partial charge in [-0.25, -0.2) is 0 Å². The van der Waals surface area contributed by atoms with Gasteiger partial charge in [-0.2, -0.15) is 0 Å². The van der Waals surface area contributed by atoms with E-state index in [1.807, 2.05) is 13.8 Å². The van der Waals surface area contributed by atoms with Crippen LogP contribution in [0.15, 0.2) is 29.0 Å². The van der Waals surface area contributed by atoms with E-state index in [4.69, 9.17) is 10.5 Å². The van der Waals surface area contributed by atoms with Crippen molar-refractivity contribution < 1.29 is 49.4 Å². The highest BCUT2D eigenvalue weighted by Gasteiger charge is 2.64. The molecule has 0 spiro atoms. The van der Waals surface area contributed by atoms with Crippen LogP contribution < -0.4 is 5.73 Å². The topological polar surface area (TPSA) is 205 Å². The van der Waals surface area contributed by atoms with Gasteiger partial charge >= 0.3 is 5.97 Å². The lowest BCUT2D eigenvalue weighted by atomic mass is 9.57. The van der Waals surface area contributed by atoms with Gasteiger partial charge in [0.15, 0.2) is 11.4 Å². The maximum Gasteiger partial charge on any atom is 0.302 e. The zero-order chi connectivity index (χ0) is 28.3. The molecular weight excluding hydrogens is 498 g/mol. The first-order chi connectivity index (χ1) is 17.6. The summed E-state index contributed by atoms with van der Waals surface area (Å²) in [5, 5.41) is 55.6. The molecule has 1 aromatic rings. The maximum absolute atomic E-state index is 13.6. The van der Waals surface area contributed by atoms with E-state index in [-0.39, 0.29) is 24.3 Å². The van der Waals surface area contributed by atoms with Crippen molar-refractivity contribution in [3.8, 4) is 5.75 Å². The number of phenols is 1. The van der Waals surface area contributed by atoms with Gasteiger partial charge in [0, 0.05) is 36.3 Å². The minimum atomic E-state index is -2.86. The molecule has 7 N–H and O–H groups in total. The van der Waals surface area contributed by atoms with Gasteiger partial charge in [0.2, 0.25) is 5.78 Å². The fourth-order valence-corrected chi connectivity index (χ4v) is 6.03. The van der Waals surface area contributed by atoms with Crippen molar-refractivity contribution in [1.82, 2.24) is 0 Å². The van der Waals surface area contributed by atoms with Crippen LogP contribution in [0.2, 0.25) is 0 Å². The van der Waals surface area contributed by atoms with E-state index >= 15 is 0 Å². The van der Waals surface area contributed by atoms with Gasteiger partial charge in [-0.05, 0) is 30.2 Å². The van der Waals surface area contributed by atoms with E-state index < -0.39 is 81.5 Å². The minimum absolute atomic E-state index is 0.00369. The number of carbonyl (C=O) groups excluding carboxylic acids is 4. The number of ketones is 2. The molecule has 1 amide bonds.